The molecular formula is C132H81N9O. The van der Waals surface area contributed by atoms with Gasteiger partial charge in [0, 0.05) is 93.5 Å². The van der Waals surface area contributed by atoms with Gasteiger partial charge >= 0.3 is 0 Å². The van der Waals surface area contributed by atoms with Gasteiger partial charge in [0.25, 0.3) is 0 Å². The summed E-state index contributed by atoms with van der Waals surface area (Å²) in [6, 6.07) is 174. The second-order valence-corrected chi connectivity index (χ2v) is 36.6. The Morgan fingerprint density at radius 3 is 0.718 bits per heavy atom. The van der Waals surface area contributed by atoms with Gasteiger partial charge < -0.3 is 18.1 Å². The summed E-state index contributed by atoms with van der Waals surface area (Å²) < 4.78 is 13.5. The van der Waals surface area contributed by atoms with Crippen molar-refractivity contribution in [3.05, 3.63) is 491 Å². The average Bonchev–Trinajstić information content (AvgIpc) is 1.56. The minimum Gasteiger partial charge on any atom is -0.456 e. The zero-order chi connectivity index (χ0) is 93.4. The van der Waals surface area contributed by atoms with Crippen LogP contribution in [0.4, 0.5) is 0 Å². The summed E-state index contributed by atoms with van der Waals surface area (Å²) in [5.41, 5.74) is 31.0. The lowest BCUT2D eigenvalue weighted by Gasteiger charge is -2.14. The molecule has 23 aromatic carbocycles. The molecule has 0 spiro atoms. The van der Waals surface area contributed by atoms with Crippen molar-refractivity contribution in [3.8, 4) is 95.7 Å². The zero-order valence-electron chi connectivity index (χ0n) is 76.7. The fraction of sp³-hybridized carbons (Fsp3) is 0. The lowest BCUT2D eigenvalue weighted by Crippen LogP contribution is -1.98. The third kappa shape index (κ3) is 13.6. The minimum atomic E-state index is 0.827. The standard InChI is InChI=1S/C46H27N3O.C46H29N3.C40H25N3/c1-3-11-33-28(9-1)20-25-39-43(33)44-34-12-4-2-10-29(34)21-26-40(44)49(39)32-22-17-30(18-23-32)45-46(48-38-15-7-6-14-37(38)47-45)31-19-24-36-35-13-5-8-16-41(35)50-42(36)27-31;1-2-11-30(12-3-1)31-21-23-34(24-22-31)45-46(48-40-20-9-8-19-39(40)47-45)35-15-10-16-36(29-35)49-41-27-25-32-13-4-6-17-37(32)43(41)44-38-18-7-5-14-33(38)26-28-42(44)49;1-2-13-28(14-3-1)39-40(42-34-20-9-8-19-33(34)41-39)29-15-10-16-30(25-29)43-35-23-21-26-11-4-6-17-31(26)37(35)38-32-18-7-5-12-27(32)22-24-36(38)43/h1-27H;1-29H;1-25H. The first-order valence-electron chi connectivity index (χ1n) is 48.2. The number of hydrogen-bond acceptors (Lipinski definition) is 7. The van der Waals surface area contributed by atoms with Crippen LogP contribution in [0.1, 0.15) is 0 Å². The van der Waals surface area contributed by atoms with Crippen LogP contribution < -0.4 is 0 Å². The van der Waals surface area contributed by atoms with Crippen LogP contribution in [-0.2, 0) is 0 Å². The second kappa shape index (κ2) is 33.4. The molecule has 0 radical (unpaired) electrons. The fourth-order valence-electron chi connectivity index (χ4n) is 22.0. The molecule has 0 saturated heterocycles. The summed E-state index contributed by atoms with van der Waals surface area (Å²) in [4.78, 5) is 31.2. The minimum absolute atomic E-state index is 0.827. The van der Waals surface area contributed by atoms with Crippen LogP contribution in [0.15, 0.2) is 496 Å². The maximum Gasteiger partial charge on any atom is 0.136 e. The number of para-hydroxylation sites is 7. The monoisotopic (exact) mass is 1810 g/mol. The molecule has 30 rings (SSSR count). The van der Waals surface area contributed by atoms with Crippen molar-refractivity contribution in [2.24, 2.45) is 0 Å². The van der Waals surface area contributed by atoms with Gasteiger partial charge in [-0.2, -0.15) is 0 Å². The van der Waals surface area contributed by atoms with E-state index in [1.54, 1.807) is 0 Å². The molecule has 10 heteroatoms. The van der Waals surface area contributed by atoms with E-state index < -0.39 is 0 Å². The third-order valence-electron chi connectivity index (χ3n) is 28.5. The van der Waals surface area contributed by atoms with Gasteiger partial charge in [-0.15, -0.1) is 0 Å². The number of aromatic nitrogens is 9. The number of rotatable bonds is 10. The van der Waals surface area contributed by atoms with Crippen LogP contribution >= 0.6 is 0 Å². The second-order valence-electron chi connectivity index (χ2n) is 36.6. The first-order valence-corrected chi connectivity index (χ1v) is 48.2. The van der Waals surface area contributed by atoms with Crippen LogP contribution in [0, 0.1) is 0 Å². The fourth-order valence-corrected chi connectivity index (χ4v) is 22.0. The van der Waals surface area contributed by atoms with Crippen molar-refractivity contribution in [1.82, 2.24) is 43.6 Å². The molecule has 0 bridgehead atoms. The quantitative estimate of drug-likeness (QED) is 0.134. The van der Waals surface area contributed by atoms with E-state index in [1.807, 2.05) is 103 Å². The topological polar surface area (TPSA) is 105 Å². The largest absolute Gasteiger partial charge is 0.456 e. The van der Waals surface area contributed by atoms with Crippen LogP contribution in [0.5, 0.6) is 0 Å². The highest BCUT2D eigenvalue weighted by atomic mass is 16.3. The number of nitrogens with zero attached hydrogens (tertiary/aromatic N) is 9. The van der Waals surface area contributed by atoms with Gasteiger partial charge in [0.05, 0.1) is 100 Å². The molecule has 0 atom stereocenters. The van der Waals surface area contributed by atoms with E-state index in [4.69, 9.17) is 34.3 Å². The van der Waals surface area contributed by atoms with Crippen molar-refractivity contribution >= 4 is 185 Å². The Kier molecular flexibility index (Phi) is 19.1. The molecule has 30 aromatic rings. The molecule has 0 aliphatic heterocycles. The molecule has 0 saturated carbocycles. The Morgan fingerprint density at radius 2 is 0.373 bits per heavy atom. The number of furan rings is 1. The molecule has 10 nitrogen and oxygen atoms in total. The summed E-state index contributed by atoms with van der Waals surface area (Å²) in [6.07, 6.45) is 0. The Balaban J connectivity index is 0.000000104. The zero-order valence-corrected chi connectivity index (χ0v) is 76.7. The summed E-state index contributed by atoms with van der Waals surface area (Å²) in [6.45, 7) is 0. The molecule has 0 amide bonds. The van der Waals surface area contributed by atoms with Crippen LogP contribution in [-0.4, -0.2) is 43.6 Å². The molecule has 7 heterocycles. The third-order valence-corrected chi connectivity index (χ3v) is 28.5. The lowest BCUT2D eigenvalue weighted by atomic mass is 9.99. The van der Waals surface area contributed by atoms with Crippen molar-refractivity contribution in [3.63, 3.8) is 0 Å². The first kappa shape index (κ1) is 81.2. The van der Waals surface area contributed by atoms with E-state index in [0.717, 1.165) is 140 Å². The molecule has 0 unspecified atom stereocenters. The van der Waals surface area contributed by atoms with E-state index in [-0.39, 0.29) is 0 Å². The Morgan fingerprint density at radius 1 is 0.141 bits per heavy atom. The summed E-state index contributed by atoms with van der Waals surface area (Å²) >= 11 is 0. The van der Waals surface area contributed by atoms with Gasteiger partial charge in [-0.25, -0.2) is 29.9 Å². The molecule has 660 valence electrons. The van der Waals surface area contributed by atoms with Gasteiger partial charge in [0.2, 0.25) is 0 Å². The summed E-state index contributed by atoms with van der Waals surface area (Å²) in [5.74, 6) is 0. The molecule has 0 aliphatic carbocycles. The summed E-state index contributed by atoms with van der Waals surface area (Å²) in [5, 5.41) is 24.9. The molecule has 0 fully saturated rings. The number of fused-ring (bicyclic) bond motifs is 27. The van der Waals surface area contributed by atoms with Crippen LogP contribution in [0.2, 0.25) is 0 Å². The Hall–Kier alpha value is -19.2. The van der Waals surface area contributed by atoms with E-state index >= 15 is 0 Å². The molecule has 142 heavy (non-hydrogen) atoms. The van der Waals surface area contributed by atoms with Crippen molar-refractivity contribution in [2.75, 3.05) is 0 Å². The van der Waals surface area contributed by atoms with Crippen molar-refractivity contribution in [2.45, 2.75) is 0 Å². The maximum atomic E-state index is 6.28. The van der Waals surface area contributed by atoms with Gasteiger partial charge in [0.15, 0.2) is 0 Å². The van der Waals surface area contributed by atoms with E-state index in [1.165, 1.54) is 141 Å². The number of hydrogen-bond donors (Lipinski definition) is 0. The van der Waals surface area contributed by atoms with Crippen molar-refractivity contribution < 1.29 is 4.42 Å². The van der Waals surface area contributed by atoms with Gasteiger partial charge in [0.1, 0.15) is 11.2 Å². The first-order chi connectivity index (χ1) is 70.4. The van der Waals surface area contributed by atoms with Crippen LogP contribution in [0.25, 0.3) is 281 Å². The number of benzene rings is 23. The summed E-state index contributed by atoms with van der Waals surface area (Å²) in [7, 11) is 0. The normalized spacial score (nSPS) is 11.8. The smallest absolute Gasteiger partial charge is 0.136 e. The highest BCUT2D eigenvalue weighted by Crippen LogP contribution is 2.48. The predicted octanol–water partition coefficient (Wildman–Crippen LogP) is 34.7. The molecule has 0 aliphatic rings. The van der Waals surface area contributed by atoms with Gasteiger partial charge in [-0.3, -0.25) is 0 Å². The Bertz CT molecular complexity index is 10100. The van der Waals surface area contributed by atoms with Crippen molar-refractivity contribution in [1.29, 1.82) is 0 Å². The lowest BCUT2D eigenvalue weighted by molar-refractivity contribution is 0.669. The van der Waals surface area contributed by atoms with E-state index in [2.05, 4.69) is 402 Å². The predicted molar refractivity (Wildman–Crippen MR) is 592 cm³/mol. The highest BCUT2D eigenvalue weighted by molar-refractivity contribution is 6.32. The molecule has 0 N–H and O–H groups in total. The molecular weight excluding hydrogens is 1730 g/mol. The molecule has 7 aromatic heterocycles. The average molecular weight is 1810 g/mol. The SMILES string of the molecule is c1ccc(-c2ccc(-c3nc4ccccc4nc3-c3cccc(-n4c5ccc6ccccc6c5c5c6ccccc6ccc54)c3)cc2)cc1.c1ccc(-c2nc3ccccc3nc2-c2cccc(-n3c4ccc5ccccc5c4c4c5ccccc5ccc43)c2)cc1.c1ccc2c(c1)ccc1c2c2c3ccccc3ccc2n1-c1ccc(-c2nc3ccccc3nc2-c2ccc3c(c2)oc2ccccc23)cc1. The highest BCUT2D eigenvalue weighted by Gasteiger charge is 2.26. The van der Waals surface area contributed by atoms with Gasteiger partial charge in [-0.05, 0) is 203 Å². The van der Waals surface area contributed by atoms with Gasteiger partial charge in [-0.1, -0.05) is 364 Å². The van der Waals surface area contributed by atoms with E-state index in [9.17, 15) is 0 Å². The maximum absolute atomic E-state index is 6.28. The Labute approximate surface area is 814 Å². The van der Waals surface area contributed by atoms with Crippen LogP contribution in [0.3, 0.4) is 0 Å². The van der Waals surface area contributed by atoms with E-state index in [0.29, 0.717) is 0 Å².